The van der Waals surface area contributed by atoms with Crippen molar-refractivity contribution in [1.29, 1.82) is 0 Å². The van der Waals surface area contributed by atoms with E-state index in [9.17, 15) is 9.18 Å². The molecule has 0 saturated carbocycles. The van der Waals surface area contributed by atoms with E-state index in [0.29, 0.717) is 40.7 Å². The second-order valence-corrected chi connectivity index (χ2v) is 7.82. The van der Waals surface area contributed by atoms with Gasteiger partial charge in [-0.3, -0.25) is 4.79 Å². The minimum absolute atomic E-state index is 0.307. The van der Waals surface area contributed by atoms with E-state index in [1.54, 1.807) is 43.7 Å². The fraction of sp³-hybridized carbons (Fsp3) is 0.179. The third-order valence-corrected chi connectivity index (χ3v) is 5.57. The number of carbonyl (C=O) groups is 1. The second-order valence-electron chi connectivity index (χ2n) is 7.82. The van der Waals surface area contributed by atoms with E-state index in [4.69, 9.17) is 18.6 Å². The first-order chi connectivity index (χ1) is 16.9. The van der Waals surface area contributed by atoms with Crippen LogP contribution in [0.5, 0.6) is 17.2 Å². The van der Waals surface area contributed by atoms with Crippen molar-refractivity contribution in [2.24, 2.45) is 0 Å². The molecule has 6 nitrogen and oxygen atoms in total. The zero-order valence-corrected chi connectivity index (χ0v) is 20.0. The number of allylic oxidation sites excluding steroid dienone is 1. The predicted octanol–water partition coefficient (Wildman–Crippen LogP) is 6.70. The number of amides is 1. The van der Waals surface area contributed by atoms with Crippen LogP contribution >= 0.6 is 0 Å². The van der Waals surface area contributed by atoms with Gasteiger partial charge >= 0.3 is 0 Å². The number of nitrogens with one attached hydrogen (secondary N) is 1. The van der Waals surface area contributed by atoms with Crippen LogP contribution in [0.25, 0.3) is 27.7 Å². The number of hydrogen-bond acceptors (Lipinski definition) is 5. The van der Waals surface area contributed by atoms with Crippen molar-refractivity contribution in [3.05, 3.63) is 78.3 Å². The highest BCUT2D eigenvalue weighted by molar-refractivity contribution is 6.06. The normalized spacial score (nSPS) is 11.4. The van der Waals surface area contributed by atoms with E-state index in [-0.39, 0.29) is 11.7 Å². The Labute approximate surface area is 202 Å². The molecule has 0 atom stereocenters. The molecule has 35 heavy (non-hydrogen) atoms. The second kappa shape index (κ2) is 10.3. The van der Waals surface area contributed by atoms with Crippen molar-refractivity contribution < 1.29 is 27.8 Å². The van der Waals surface area contributed by atoms with Crippen LogP contribution in [0.2, 0.25) is 0 Å². The van der Waals surface area contributed by atoms with Crippen molar-refractivity contribution in [3.63, 3.8) is 0 Å². The lowest BCUT2D eigenvalue weighted by Gasteiger charge is -2.13. The van der Waals surface area contributed by atoms with E-state index in [2.05, 4.69) is 5.32 Å². The van der Waals surface area contributed by atoms with Crippen LogP contribution in [0.15, 0.2) is 71.4 Å². The number of fused-ring (bicyclic) bond motifs is 1. The van der Waals surface area contributed by atoms with Gasteiger partial charge in [0.25, 0.3) is 0 Å². The molecule has 4 aromatic rings. The molecule has 0 bridgehead atoms. The van der Waals surface area contributed by atoms with Crippen LogP contribution in [-0.4, -0.2) is 26.7 Å². The minimum atomic E-state index is -0.331. The van der Waals surface area contributed by atoms with Crippen molar-refractivity contribution in [2.45, 2.75) is 13.8 Å². The molecule has 0 saturated heterocycles. The Bertz CT molecular complexity index is 1390. The van der Waals surface area contributed by atoms with E-state index in [1.165, 1.54) is 25.3 Å². The van der Waals surface area contributed by atoms with Gasteiger partial charge in [-0.05, 0) is 55.3 Å². The van der Waals surface area contributed by atoms with Crippen molar-refractivity contribution >= 4 is 28.1 Å². The van der Waals surface area contributed by atoms with Gasteiger partial charge in [-0.25, -0.2) is 4.39 Å². The summed E-state index contributed by atoms with van der Waals surface area (Å²) in [5.41, 5.74) is 4.22. The molecule has 1 N–H and O–H groups in total. The molecular formula is C28H26FNO5. The topological polar surface area (TPSA) is 69.9 Å². The number of furan rings is 1. The molecule has 0 aliphatic heterocycles. The number of halogens is 1. The standard InChI is InChI=1S/C28H26FNO5/c1-5-34-26-15-27-22(23(16-35-27)18-6-8-19(29)9-7-18)14-21(26)17(2)12-28(31)30-24-13-20(32-3)10-11-25(24)33-4/h6-16H,5H2,1-4H3,(H,30,31)/b17-12+. The van der Waals surface area contributed by atoms with E-state index in [1.807, 2.05) is 26.0 Å². The third-order valence-electron chi connectivity index (χ3n) is 5.57. The molecule has 0 aliphatic carbocycles. The average molecular weight is 476 g/mol. The summed E-state index contributed by atoms with van der Waals surface area (Å²) in [6.07, 6.45) is 3.14. The molecule has 180 valence electrons. The summed E-state index contributed by atoms with van der Waals surface area (Å²) in [4.78, 5) is 12.9. The van der Waals surface area contributed by atoms with Gasteiger partial charge in [0, 0.05) is 34.7 Å². The van der Waals surface area contributed by atoms with Crippen LogP contribution in [0.1, 0.15) is 19.4 Å². The molecule has 7 heteroatoms. The summed E-state index contributed by atoms with van der Waals surface area (Å²) >= 11 is 0. The van der Waals surface area contributed by atoms with Crippen LogP contribution in [0.4, 0.5) is 10.1 Å². The summed E-state index contributed by atoms with van der Waals surface area (Å²) in [5, 5.41) is 3.68. The highest BCUT2D eigenvalue weighted by Crippen LogP contribution is 2.38. The molecule has 0 radical (unpaired) electrons. The molecule has 1 amide bonds. The molecule has 0 fully saturated rings. The van der Waals surface area contributed by atoms with Gasteiger partial charge in [0.1, 0.15) is 28.6 Å². The van der Waals surface area contributed by atoms with Gasteiger partial charge in [-0.1, -0.05) is 12.1 Å². The summed E-state index contributed by atoms with van der Waals surface area (Å²) in [5.74, 6) is 1.07. The van der Waals surface area contributed by atoms with Gasteiger partial charge in [-0.15, -0.1) is 0 Å². The lowest BCUT2D eigenvalue weighted by molar-refractivity contribution is -0.111. The Balaban J connectivity index is 1.71. The molecule has 3 aromatic carbocycles. The average Bonchev–Trinajstić information content (AvgIpc) is 3.26. The molecule has 0 unspecified atom stereocenters. The maximum absolute atomic E-state index is 13.4. The highest BCUT2D eigenvalue weighted by atomic mass is 19.1. The monoisotopic (exact) mass is 475 g/mol. The summed E-state index contributed by atoms with van der Waals surface area (Å²) in [7, 11) is 3.09. The maximum Gasteiger partial charge on any atom is 0.248 e. The Morgan fingerprint density at radius 1 is 1.03 bits per heavy atom. The zero-order valence-electron chi connectivity index (χ0n) is 20.0. The Morgan fingerprint density at radius 2 is 1.80 bits per heavy atom. The fourth-order valence-electron chi connectivity index (χ4n) is 3.85. The third kappa shape index (κ3) is 5.14. The van der Waals surface area contributed by atoms with Gasteiger partial charge in [0.15, 0.2) is 0 Å². The maximum atomic E-state index is 13.4. The van der Waals surface area contributed by atoms with Crippen LogP contribution in [0.3, 0.4) is 0 Å². The number of carbonyl (C=O) groups excluding carboxylic acids is 1. The van der Waals surface area contributed by atoms with Gasteiger partial charge in [0.2, 0.25) is 5.91 Å². The molecule has 1 heterocycles. The Hall–Kier alpha value is -4.26. The summed E-state index contributed by atoms with van der Waals surface area (Å²) in [6, 6.07) is 15.1. The molecular weight excluding hydrogens is 449 g/mol. The smallest absolute Gasteiger partial charge is 0.248 e. The number of hydrogen-bond donors (Lipinski definition) is 1. The molecule has 0 aliphatic rings. The molecule has 4 rings (SSSR count). The summed E-state index contributed by atoms with van der Waals surface area (Å²) < 4.78 is 35.6. The molecule has 0 spiro atoms. The van der Waals surface area contributed by atoms with Crippen molar-refractivity contribution in [3.8, 4) is 28.4 Å². The first-order valence-corrected chi connectivity index (χ1v) is 11.1. The van der Waals surface area contributed by atoms with Crippen molar-refractivity contribution in [1.82, 2.24) is 0 Å². The number of rotatable bonds is 8. The van der Waals surface area contributed by atoms with Crippen LogP contribution < -0.4 is 19.5 Å². The number of benzene rings is 3. The number of anilines is 1. The first-order valence-electron chi connectivity index (χ1n) is 11.1. The fourth-order valence-corrected chi connectivity index (χ4v) is 3.85. The SMILES string of the molecule is CCOc1cc2occ(-c3ccc(F)cc3)c2cc1/C(C)=C/C(=O)Nc1cc(OC)ccc1OC. The van der Waals surface area contributed by atoms with Crippen molar-refractivity contribution in [2.75, 3.05) is 26.1 Å². The predicted molar refractivity (Wildman–Crippen MR) is 135 cm³/mol. The first kappa shape index (κ1) is 23.9. The number of methoxy groups -OCH3 is 2. The van der Waals surface area contributed by atoms with Crippen LogP contribution in [0, 0.1) is 5.82 Å². The Kier molecular flexibility index (Phi) is 7.06. The minimum Gasteiger partial charge on any atom is -0.497 e. The van der Waals surface area contributed by atoms with Gasteiger partial charge in [-0.2, -0.15) is 0 Å². The van der Waals surface area contributed by atoms with E-state index >= 15 is 0 Å². The summed E-state index contributed by atoms with van der Waals surface area (Å²) in [6.45, 7) is 4.18. The zero-order chi connectivity index (χ0) is 24.9. The lowest BCUT2D eigenvalue weighted by atomic mass is 9.99. The molecule has 1 aromatic heterocycles. The quantitative estimate of drug-likeness (QED) is 0.287. The van der Waals surface area contributed by atoms with E-state index < -0.39 is 0 Å². The van der Waals surface area contributed by atoms with Crippen LogP contribution in [-0.2, 0) is 4.79 Å². The van der Waals surface area contributed by atoms with E-state index in [0.717, 1.165) is 22.1 Å². The van der Waals surface area contributed by atoms with Gasteiger partial charge in [0.05, 0.1) is 32.8 Å². The Morgan fingerprint density at radius 3 is 2.49 bits per heavy atom. The highest BCUT2D eigenvalue weighted by Gasteiger charge is 2.16. The van der Waals surface area contributed by atoms with Gasteiger partial charge < -0.3 is 23.9 Å². The number of ether oxygens (including phenoxy) is 3. The largest absolute Gasteiger partial charge is 0.497 e. The lowest BCUT2D eigenvalue weighted by Crippen LogP contribution is -2.10.